The van der Waals surface area contributed by atoms with E-state index in [2.05, 4.69) is 32.0 Å². The number of likely N-dealkylation sites (N-methyl/N-ethyl adjacent to an activating group) is 1. The Morgan fingerprint density at radius 3 is 2.92 bits per heavy atom. The second-order valence-corrected chi connectivity index (χ2v) is 5.51. The first-order valence-corrected chi connectivity index (χ1v) is 5.73. The first-order chi connectivity index (χ1) is 6.16. The van der Waals surface area contributed by atoms with Gasteiger partial charge in [-0.1, -0.05) is 0 Å². The highest BCUT2D eigenvalue weighted by molar-refractivity contribution is 7.12. The molecule has 0 spiro atoms. The Labute approximate surface area is 84.4 Å². The molecule has 0 amide bonds. The molecule has 72 valence electrons. The van der Waals surface area contributed by atoms with Gasteiger partial charge in [0.1, 0.15) is 0 Å². The van der Waals surface area contributed by atoms with Crippen molar-refractivity contribution in [1.82, 2.24) is 4.90 Å². The van der Waals surface area contributed by atoms with Crippen LogP contribution in [-0.4, -0.2) is 25.0 Å². The molecule has 0 aromatic carbocycles. The summed E-state index contributed by atoms with van der Waals surface area (Å²) in [5.41, 5.74) is 1.60. The van der Waals surface area contributed by atoms with E-state index < -0.39 is 0 Å². The topological polar surface area (TPSA) is 3.24 Å². The lowest BCUT2D eigenvalue weighted by Gasteiger charge is -2.27. The van der Waals surface area contributed by atoms with Crippen molar-refractivity contribution < 1.29 is 0 Å². The molecule has 0 saturated heterocycles. The SMILES string of the molecule is Cc1cc2c(s1)CCC(N(C)C)C2. The highest BCUT2D eigenvalue weighted by atomic mass is 32.1. The molecular formula is C11H17NS. The van der Waals surface area contributed by atoms with Crippen molar-refractivity contribution in [1.29, 1.82) is 0 Å². The highest BCUT2D eigenvalue weighted by Gasteiger charge is 2.21. The fourth-order valence-corrected chi connectivity index (χ4v) is 3.18. The van der Waals surface area contributed by atoms with Crippen molar-refractivity contribution in [3.05, 3.63) is 21.4 Å². The molecule has 0 bridgehead atoms. The first kappa shape index (κ1) is 9.22. The molecule has 0 fully saturated rings. The fourth-order valence-electron chi connectivity index (χ4n) is 2.09. The van der Waals surface area contributed by atoms with Gasteiger partial charge in [-0.15, -0.1) is 11.3 Å². The van der Waals surface area contributed by atoms with Gasteiger partial charge in [0.15, 0.2) is 0 Å². The van der Waals surface area contributed by atoms with Crippen molar-refractivity contribution in [2.75, 3.05) is 14.1 Å². The standard InChI is InChI=1S/C11H17NS/c1-8-6-9-7-10(12(2)3)4-5-11(9)13-8/h6,10H,4-5,7H2,1-3H3. The number of rotatable bonds is 1. The number of aryl methyl sites for hydroxylation is 2. The minimum Gasteiger partial charge on any atom is -0.306 e. The Bertz CT molecular complexity index is 301. The number of thiophene rings is 1. The Kier molecular flexibility index (Phi) is 2.43. The van der Waals surface area contributed by atoms with Crippen molar-refractivity contribution >= 4 is 11.3 Å². The number of hydrogen-bond donors (Lipinski definition) is 0. The predicted molar refractivity (Wildman–Crippen MR) is 58.6 cm³/mol. The summed E-state index contributed by atoms with van der Waals surface area (Å²) in [6, 6.07) is 3.14. The van der Waals surface area contributed by atoms with Crippen LogP contribution >= 0.6 is 11.3 Å². The van der Waals surface area contributed by atoms with Gasteiger partial charge in [0.25, 0.3) is 0 Å². The molecule has 13 heavy (non-hydrogen) atoms. The van der Waals surface area contributed by atoms with Crippen molar-refractivity contribution in [2.24, 2.45) is 0 Å². The number of nitrogens with zero attached hydrogens (tertiary/aromatic N) is 1. The second kappa shape index (κ2) is 3.43. The Hall–Kier alpha value is -0.340. The molecule has 0 saturated carbocycles. The van der Waals surface area contributed by atoms with Gasteiger partial charge in [-0.3, -0.25) is 0 Å². The first-order valence-electron chi connectivity index (χ1n) is 4.91. The summed E-state index contributed by atoms with van der Waals surface area (Å²) in [5.74, 6) is 0. The summed E-state index contributed by atoms with van der Waals surface area (Å²) in [6.07, 6.45) is 3.88. The summed E-state index contributed by atoms with van der Waals surface area (Å²) < 4.78 is 0. The van der Waals surface area contributed by atoms with E-state index in [0.29, 0.717) is 0 Å². The maximum atomic E-state index is 2.37. The van der Waals surface area contributed by atoms with Gasteiger partial charge < -0.3 is 4.90 Å². The van der Waals surface area contributed by atoms with Crippen LogP contribution in [0.3, 0.4) is 0 Å². The van der Waals surface area contributed by atoms with Gasteiger partial charge in [-0.25, -0.2) is 0 Å². The zero-order chi connectivity index (χ0) is 9.42. The van der Waals surface area contributed by atoms with Crippen LogP contribution in [0.25, 0.3) is 0 Å². The van der Waals surface area contributed by atoms with Crippen LogP contribution in [-0.2, 0) is 12.8 Å². The van der Waals surface area contributed by atoms with Gasteiger partial charge in [-0.2, -0.15) is 0 Å². The molecule has 1 atom stereocenters. The summed E-state index contributed by atoms with van der Waals surface area (Å²) in [5, 5.41) is 0. The molecule has 0 aliphatic heterocycles. The number of fused-ring (bicyclic) bond motifs is 1. The maximum absolute atomic E-state index is 2.37. The van der Waals surface area contributed by atoms with Crippen LogP contribution in [0.1, 0.15) is 21.7 Å². The highest BCUT2D eigenvalue weighted by Crippen LogP contribution is 2.30. The smallest absolute Gasteiger partial charge is 0.0133 e. The van der Waals surface area contributed by atoms with Crippen LogP contribution in [0.2, 0.25) is 0 Å². The van der Waals surface area contributed by atoms with Crippen LogP contribution < -0.4 is 0 Å². The summed E-state index contributed by atoms with van der Waals surface area (Å²) in [4.78, 5) is 5.47. The third-order valence-electron chi connectivity index (χ3n) is 2.91. The van der Waals surface area contributed by atoms with E-state index in [1.54, 1.807) is 10.4 Å². The van der Waals surface area contributed by atoms with Crippen LogP contribution in [0.4, 0.5) is 0 Å². The average molecular weight is 195 g/mol. The van der Waals surface area contributed by atoms with E-state index in [-0.39, 0.29) is 0 Å². The normalized spacial score (nSPS) is 22.0. The summed E-state index contributed by atoms with van der Waals surface area (Å²) >= 11 is 1.99. The minimum absolute atomic E-state index is 0.765. The molecule has 1 nitrogen and oxygen atoms in total. The molecule has 1 aromatic rings. The largest absolute Gasteiger partial charge is 0.306 e. The van der Waals surface area contributed by atoms with Crippen LogP contribution in [0.15, 0.2) is 6.07 Å². The van der Waals surface area contributed by atoms with Crippen molar-refractivity contribution in [2.45, 2.75) is 32.2 Å². The number of hydrogen-bond acceptors (Lipinski definition) is 2. The van der Waals surface area contributed by atoms with Gasteiger partial charge in [0.2, 0.25) is 0 Å². The second-order valence-electron chi connectivity index (χ2n) is 4.17. The lowest BCUT2D eigenvalue weighted by molar-refractivity contribution is 0.269. The third kappa shape index (κ3) is 1.79. The van der Waals surface area contributed by atoms with Gasteiger partial charge >= 0.3 is 0 Å². The fraction of sp³-hybridized carbons (Fsp3) is 0.636. The van der Waals surface area contributed by atoms with E-state index in [1.165, 1.54) is 24.1 Å². The van der Waals surface area contributed by atoms with Crippen LogP contribution in [0.5, 0.6) is 0 Å². The molecule has 0 radical (unpaired) electrons. The predicted octanol–water partition coefficient (Wildman–Crippen LogP) is 2.48. The van der Waals surface area contributed by atoms with Crippen molar-refractivity contribution in [3.63, 3.8) is 0 Å². The average Bonchev–Trinajstić information content (AvgIpc) is 2.42. The molecule has 2 rings (SSSR count). The summed E-state index contributed by atoms with van der Waals surface area (Å²) in [6.45, 7) is 2.22. The van der Waals surface area contributed by atoms with Crippen molar-refractivity contribution in [3.8, 4) is 0 Å². The van der Waals surface area contributed by atoms with E-state index in [1.807, 2.05) is 11.3 Å². The molecule has 0 N–H and O–H groups in total. The third-order valence-corrected chi connectivity index (χ3v) is 4.06. The molecular weight excluding hydrogens is 178 g/mol. The van der Waals surface area contributed by atoms with E-state index in [9.17, 15) is 0 Å². The monoisotopic (exact) mass is 195 g/mol. The molecule has 1 aromatic heterocycles. The van der Waals surface area contributed by atoms with Gasteiger partial charge in [0.05, 0.1) is 0 Å². The molecule has 1 aliphatic carbocycles. The van der Waals surface area contributed by atoms with Crippen LogP contribution in [0, 0.1) is 6.92 Å². The van der Waals surface area contributed by atoms with Gasteiger partial charge in [0, 0.05) is 15.8 Å². The Morgan fingerprint density at radius 1 is 1.46 bits per heavy atom. The van der Waals surface area contributed by atoms with Gasteiger partial charge in [-0.05, 0) is 51.9 Å². The Morgan fingerprint density at radius 2 is 2.23 bits per heavy atom. The molecule has 1 aliphatic rings. The zero-order valence-corrected chi connectivity index (χ0v) is 9.45. The van der Waals surface area contributed by atoms with E-state index in [4.69, 9.17) is 0 Å². The quantitative estimate of drug-likeness (QED) is 0.665. The zero-order valence-electron chi connectivity index (χ0n) is 8.63. The molecule has 1 unspecified atom stereocenters. The van der Waals surface area contributed by atoms with E-state index in [0.717, 1.165) is 6.04 Å². The summed E-state index contributed by atoms with van der Waals surface area (Å²) in [7, 11) is 4.38. The Balaban J connectivity index is 2.19. The molecule has 2 heteroatoms. The maximum Gasteiger partial charge on any atom is 0.0133 e. The minimum atomic E-state index is 0.765. The lowest BCUT2D eigenvalue weighted by atomic mass is 9.94. The molecule has 1 heterocycles. The van der Waals surface area contributed by atoms with E-state index >= 15 is 0 Å². The lowest BCUT2D eigenvalue weighted by Crippen LogP contribution is -2.32.